The summed E-state index contributed by atoms with van der Waals surface area (Å²) in [5.74, 6) is -0.565. The molecule has 0 spiro atoms. The van der Waals surface area contributed by atoms with E-state index in [1.807, 2.05) is 0 Å². The van der Waals surface area contributed by atoms with Crippen LogP contribution in [0.5, 0.6) is 17.2 Å². The van der Waals surface area contributed by atoms with E-state index in [1.165, 1.54) is 63.9 Å². The molecule has 0 fully saturated rings. The summed E-state index contributed by atoms with van der Waals surface area (Å²) in [4.78, 5) is 25.4. The van der Waals surface area contributed by atoms with E-state index in [1.54, 1.807) is 13.8 Å². The van der Waals surface area contributed by atoms with Gasteiger partial charge in [0.25, 0.3) is 11.8 Å². The van der Waals surface area contributed by atoms with E-state index in [4.69, 9.17) is 14.2 Å². The Hall–Kier alpha value is -3.62. The predicted octanol–water partition coefficient (Wildman–Crippen LogP) is 2.76. The van der Waals surface area contributed by atoms with Crippen molar-refractivity contribution in [1.82, 2.24) is 10.7 Å². The van der Waals surface area contributed by atoms with Crippen LogP contribution in [0.3, 0.4) is 0 Å². The van der Waals surface area contributed by atoms with Crippen LogP contribution in [0.4, 0.5) is 4.39 Å². The maximum atomic E-state index is 13.0. The highest BCUT2D eigenvalue weighted by Gasteiger charge is 2.26. The van der Waals surface area contributed by atoms with Gasteiger partial charge in [-0.2, -0.15) is 5.10 Å². The second kappa shape index (κ2) is 11.0. The first kappa shape index (κ1) is 23.7. The number of hydrogen-bond donors (Lipinski definition) is 2. The number of carbonyl (C=O) groups is 2. The van der Waals surface area contributed by atoms with Crippen LogP contribution in [0.1, 0.15) is 29.8 Å². The molecule has 31 heavy (non-hydrogen) atoms. The summed E-state index contributed by atoms with van der Waals surface area (Å²) in [6.07, 6.45) is 1.38. The van der Waals surface area contributed by atoms with Crippen molar-refractivity contribution in [1.29, 1.82) is 0 Å². The molecule has 2 aromatic rings. The predicted molar refractivity (Wildman–Crippen MR) is 114 cm³/mol. The second-order valence-corrected chi connectivity index (χ2v) is 6.89. The first-order valence-corrected chi connectivity index (χ1v) is 9.50. The van der Waals surface area contributed by atoms with Crippen molar-refractivity contribution in [2.75, 3.05) is 21.3 Å². The monoisotopic (exact) mass is 431 g/mol. The lowest BCUT2D eigenvalue weighted by atomic mass is 10.0. The number of nitrogens with zero attached hydrogens (tertiary/aromatic N) is 1. The molecule has 9 heteroatoms. The van der Waals surface area contributed by atoms with Crippen LogP contribution < -0.4 is 25.0 Å². The third kappa shape index (κ3) is 6.18. The molecule has 2 rings (SSSR count). The molecule has 0 aliphatic rings. The summed E-state index contributed by atoms with van der Waals surface area (Å²) in [6, 6.07) is 7.78. The van der Waals surface area contributed by atoms with Gasteiger partial charge in [-0.05, 0) is 35.7 Å². The van der Waals surface area contributed by atoms with Gasteiger partial charge in [0.15, 0.2) is 11.5 Å². The molecule has 0 bridgehead atoms. The van der Waals surface area contributed by atoms with Gasteiger partial charge in [-0.3, -0.25) is 9.59 Å². The number of halogens is 1. The van der Waals surface area contributed by atoms with Crippen LogP contribution in [0.2, 0.25) is 0 Å². The molecular weight excluding hydrogens is 405 g/mol. The number of nitrogens with one attached hydrogen (secondary N) is 2. The van der Waals surface area contributed by atoms with Gasteiger partial charge in [0.05, 0.1) is 27.5 Å². The van der Waals surface area contributed by atoms with Crippen molar-refractivity contribution >= 4 is 18.0 Å². The lowest BCUT2D eigenvalue weighted by Crippen LogP contribution is -2.48. The molecule has 0 saturated heterocycles. The smallest absolute Gasteiger partial charge is 0.262 e. The van der Waals surface area contributed by atoms with E-state index < -0.39 is 17.9 Å². The van der Waals surface area contributed by atoms with E-state index in [9.17, 15) is 14.0 Å². The maximum absolute atomic E-state index is 13.0. The van der Waals surface area contributed by atoms with E-state index in [0.717, 1.165) is 0 Å². The molecule has 0 aliphatic heterocycles. The number of ether oxygens (including phenoxy) is 3. The van der Waals surface area contributed by atoms with Crippen LogP contribution in [0, 0.1) is 11.7 Å². The quantitative estimate of drug-likeness (QED) is 0.470. The second-order valence-electron chi connectivity index (χ2n) is 6.89. The minimum absolute atomic E-state index is 0.216. The van der Waals surface area contributed by atoms with Crippen molar-refractivity contribution in [2.24, 2.45) is 11.0 Å². The number of benzene rings is 2. The Morgan fingerprint density at radius 2 is 1.58 bits per heavy atom. The van der Waals surface area contributed by atoms with Crippen LogP contribution in [0.15, 0.2) is 41.5 Å². The van der Waals surface area contributed by atoms with Gasteiger partial charge in [0, 0.05) is 5.56 Å². The first-order chi connectivity index (χ1) is 14.8. The summed E-state index contributed by atoms with van der Waals surface area (Å²) in [5, 5.41) is 6.58. The number of carbonyl (C=O) groups excluding carboxylic acids is 2. The third-order valence-electron chi connectivity index (χ3n) is 4.42. The average Bonchev–Trinajstić information content (AvgIpc) is 2.77. The zero-order valence-electron chi connectivity index (χ0n) is 18.1. The summed E-state index contributed by atoms with van der Waals surface area (Å²) in [7, 11) is 4.36. The fraction of sp³-hybridized carbons (Fsp3) is 0.318. The Balaban J connectivity index is 2.14. The van der Waals surface area contributed by atoms with Gasteiger partial charge in [-0.15, -0.1) is 0 Å². The number of methoxy groups -OCH3 is 3. The van der Waals surface area contributed by atoms with E-state index in [-0.39, 0.29) is 17.3 Å². The van der Waals surface area contributed by atoms with E-state index in [2.05, 4.69) is 15.8 Å². The third-order valence-corrected chi connectivity index (χ3v) is 4.42. The maximum Gasteiger partial charge on any atom is 0.262 e. The largest absolute Gasteiger partial charge is 0.493 e. The molecule has 0 heterocycles. The molecule has 0 saturated carbocycles. The summed E-state index contributed by atoms with van der Waals surface area (Å²) in [6.45, 7) is 3.59. The standard InChI is InChI=1S/C22H26FN3O5/c1-13(2)19(22(28)26-24-12-14-6-8-16(23)9-7-14)25-21(27)15-10-17(29-3)20(31-5)18(11-15)30-4/h6-13,19H,1-5H3,(H,25,27)(H,26,28)/b24-12-/t19-/m0/s1. The lowest BCUT2D eigenvalue weighted by Gasteiger charge is -2.21. The van der Waals surface area contributed by atoms with Crippen molar-refractivity contribution < 1.29 is 28.2 Å². The number of rotatable bonds is 9. The molecule has 166 valence electrons. The van der Waals surface area contributed by atoms with Gasteiger partial charge >= 0.3 is 0 Å². The molecule has 0 aromatic heterocycles. The zero-order valence-corrected chi connectivity index (χ0v) is 18.1. The molecule has 2 N–H and O–H groups in total. The fourth-order valence-corrected chi connectivity index (χ4v) is 2.76. The highest BCUT2D eigenvalue weighted by molar-refractivity contribution is 5.98. The molecule has 0 radical (unpaired) electrons. The van der Waals surface area contributed by atoms with Gasteiger partial charge in [0.1, 0.15) is 11.9 Å². The SMILES string of the molecule is COc1cc(C(=O)N[C@H](C(=O)N/N=C\c2ccc(F)cc2)C(C)C)cc(OC)c1OC. The van der Waals surface area contributed by atoms with Gasteiger partial charge in [-0.25, -0.2) is 9.82 Å². The highest BCUT2D eigenvalue weighted by Crippen LogP contribution is 2.38. The zero-order chi connectivity index (χ0) is 23.0. The summed E-state index contributed by atoms with van der Waals surface area (Å²) >= 11 is 0. The molecule has 8 nitrogen and oxygen atoms in total. The molecule has 2 aromatic carbocycles. The minimum atomic E-state index is -0.850. The molecule has 1 atom stereocenters. The number of amides is 2. The van der Waals surface area contributed by atoms with Crippen LogP contribution >= 0.6 is 0 Å². The summed E-state index contributed by atoms with van der Waals surface area (Å²) < 4.78 is 28.7. The molecule has 0 unspecified atom stereocenters. The van der Waals surface area contributed by atoms with Crippen LogP contribution in [-0.4, -0.2) is 45.4 Å². The fourth-order valence-electron chi connectivity index (χ4n) is 2.76. The normalized spacial score (nSPS) is 11.8. The average molecular weight is 431 g/mol. The Bertz CT molecular complexity index is 920. The molecule has 0 aliphatic carbocycles. The molecule has 2 amide bonds. The van der Waals surface area contributed by atoms with Crippen LogP contribution in [-0.2, 0) is 4.79 Å². The van der Waals surface area contributed by atoms with Gasteiger partial charge < -0.3 is 19.5 Å². The van der Waals surface area contributed by atoms with Gasteiger partial charge in [-0.1, -0.05) is 26.0 Å². The van der Waals surface area contributed by atoms with E-state index in [0.29, 0.717) is 22.8 Å². The minimum Gasteiger partial charge on any atom is -0.493 e. The van der Waals surface area contributed by atoms with Gasteiger partial charge in [0.2, 0.25) is 5.75 Å². The Kier molecular flexibility index (Phi) is 8.36. The van der Waals surface area contributed by atoms with Crippen molar-refractivity contribution in [3.05, 3.63) is 53.3 Å². The number of hydrogen-bond acceptors (Lipinski definition) is 6. The topological polar surface area (TPSA) is 98.2 Å². The van der Waals surface area contributed by atoms with Crippen molar-refractivity contribution in [3.8, 4) is 17.2 Å². The molecular formula is C22H26FN3O5. The van der Waals surface area contributed by atoms with Crippen LogP contribution in [0.25, 0.3) is 0 Å². The van der Waals surface area contributed by atoms with Crippen molar-refractivity contribution in [2.45, 2.75) is 19.9 Å². The number of hydrazone groups is 1. The Labute approximate surface area is 180 Å². The highest BCUT2D eigenvalue weighted by atomic mass is 19.1. The lowest BCUT2D eigenvalue weighted by molar-refractivity contribution is -0.123. The van der Waals surface area contributed by atoms with E-state index >= 15 is 0 Å². The summed E-state index contributed by atoms with van der Waals surface area (Å²) in [5.41, 5.74) is 3.25. The Morgan fingerprint density at radius 1 is 1.00 bits per heavy atom. The van der Waals surface area contributed by atoms with Crippen molar-refractivity contribution in [3.63, 3.8) is 0 Å². The Morgan fingerprint density at radius 3 is 2.06 bits per heavy atom. The first-order valence-electron chi connectivity index (χ1n) is 9.50.